The summed E-state index contributed by atoms with van der Waals surface area (Å²) in [5, 5.41) is 10.3. The van der Waals surface area contributed by atoms with Crippen LogP contribution in [0.5, 0.6) is 0 Å². The van der Waals surface area contributed by atoms with Crippen LogP contribution in [-0.4, -0.2) is 60.8 Å². The molecule has 0 spiro atoms. The summed E-state index contributed by atoms with van der Waals surface area (Å²) in [7, 11) is 4.32. The van der Waals surface area contributed by atoms with Gasteiger partial charge in [0.15, 0.2) is 0 Å². The summed E-state index contributed by atoms with van der Waals surface area (Å²) in [5.74, 6) is 0.571. The van der Waals surface area contributed by atoms with E-state index in [2.05, 4.69) is 23.9 Å². The highest BCUT2D eigenvalue weighted by atomic mass is 16.3. The van der Waals surface area contributed by atoms with Gasteiger partial charge < -0.3 is 10.0 Å². The van der Waals surface area contributed by atoms with Gasteiger partial charge in [-0.15, -0.1) is 0 Å². The fraction of sp³-hybridized carbons (Fsp3) is 1.00. The van der Waals surface area contributed by atoms with E-state index in [1.807, 2.05) is 0 Å². The monoisotopic (exact) mass is 240 g/mol. The van der Waals surface area contributed by atoms with E-state index in [-0.39, 0.29) is 6.10 Å². The van der Waals surface area contributed by atoms with Crippen LogP contribution in [0, 0.1) is 5.92 Å². The second kappa shape index (κ2) is 6.17. The first-order valence-electron chi connectivity index (χ1n) is 7.23. The molecular formula is C14H28N2O. The number of likely N-dealkylation sites (tertiary alicyclic amines) is 1. The number of likely N-dealkylation sites (N-methyl/N-ethyl adjacent to an activating group) is 1. The van der Waals surface area contributed by atoms with Gasteiger partial charge in [0.25, 0.3) is 0 Å². The second-order valence-corrected chi connectivity index (χ2v) is 6.13. The number of aliphatic hydroxyl groups excluding tert-OH is 1. The van der Waals surface area contributed by atoms with E-state index in [9.17, 15) is 5.11 Å². The SMILES string of the molecule is CN(C)C1CCN(CC(O)C2CCCCC2)C1. The van der Waals surface area contributed by atoms with Crippen molar-refractivity contribution < 1.29 is 5.11 Å². The Balaban J connectivity index is 1.73. The van der Waals surface area contributed by atoms with Crippen molar-refractivity contribution in [3.8, 4) is 0 Å². The van der Waals surface area contributed by atoms with E-state index < -0.39 is 0 Å². The number of hydrogen-bond acceptors (Lipinski definition) is 3. The molecule has 0 aromatic carbocycles. The number of rotatable bonds is 4. The number of β-amino-alcohol motifs (C(OH)–C–C–N with tert-alkyl or cyclic N) is 1. The van der Waals surface area contributed by atoms with Crippen LogP contribution >= 0.6 is 0 Å². The lowest BCUT2D eigenvalue weighted by Crippen LogP contribution is -2.38. The predicted octanol–water partition coefficient (Wildman–Crippen LogP) is 1.56. The molecule has 2 fully saturated rings. The lowest BCUT2D eigenvalue weighted by Gasteiger charge is -2.30. The quantitative estimate of drug-likeness (QED) is 0.808. The molecule has 1 saturated heterocycles. The van der Waals surface area contributed by atoms with E-state index >= 15 is 0 Å². The molecule has 0 amide bonds. The maximum Gasteiger partial charge on any atom is 0.0695 e. The van der Waals surface area contributed by atoms with E-state index in [0.29, 0.717) is 12.0 Å². The number of aliphatic hydroxyl groups is 1. The fourth-order valence-corrected chi connectivity index (χ4v) is 3.33. The van der Waals surface area contributed by atoms with Crippen molar-refractivity contribution in [1.29, 1.82) is 0 Å². The number of hydrogen-bond donors (Lipinski definition) is 1. The predicted molar refractivity (Wildman–Crippen MR) is 71.1 cm³/mol. The van der Waals surface area contributed by atoms with Gasteiger partial charge in [0.2, 0.25) is 0 Å². The summed E-state index contributed by atoms with van der Waals surface area (Å²) in [4.78, 5) is 4.76. The summed E-state index contributed by atoms with van der Waals surface area (Å²) in [5.41, 5.74) is 0. The van der Waals surface area contributed by atoms with Gasteiger partial charge in [-0.25, -0.2) is 0 Å². The summed E-state index contributed by atoms with van der Waals surface area (Å²) in [6.07, 6.45) is 7.67. The van der Waals surface area contributed by atoms with Crippen molar-refractivity contribution in [2.75, 3.05) is 33.7 Å². The molecule has 3 heteroatoms. The number of nitrogens with zero attached hydrogens (tertiary/aromatic N) is 2. The Morgan fingerprint density at radius 3 is 2.47 bits per heavy atom. The normalized spacial score (nSPS) is 30.0. The Labute approximate surface area is 106 Å². The molecule has 2 unspecified atom stereocenters. The summed E-state index contributed by atoms with van der Waals surface area (Å²) < 4.78 is 0. The first-order valence-corrected chi connectivity index (χ1v) is 7.23. The maximum absolute atomic E-state index is 10.3. The Morgan fingerprint density at radius 1 is 1.18 bits per heavy atom. The standard InChI is InChI=1S/C14H28N2O/c1-15(2)13-8-9-16(10-13)11-14(17)12-6-4-3-5-7-12/h12-14,17H,3-11H2,1-2H3. The van der Waals surface area contributed by atoms with E-state index in [4.69, 9.17) is 0 Å². The molecule has 1 N–H and O–H groups in total. The van der Waals surface area contributed by atoms with E-state index in [1.54, 1.807) is 0 Å². The Bertz CT molecular complexity index is 226. The zero-order valence-electron chi connectivity index (χ0n) is 11.4. The van der Waals surface area contributed by atoms with Crippen LogP contribution in [0.1, 0.15) is 38.5 Å². The van der Waals surface area contributed by atoms with Gasteiger partial charge in [0.1, 0.15) is 0 Å². The van der Waals surface area contributed by atoms with Crippen LogP contribution in [0.15, 0.2) is 0 Å². The fourth-order valence-electron chi connectivity index (χ4n) is 3.33. The maximum atomic E-state index is 10.3. The molecular weight excluding hydrogens is 212 g/mol. The third-order valence-electron chi connectivity index (χ3n) is 4.62. The average Bonchev–Trinajstić information content (AvgIpc) is 2.79. The van der Waals surface area contributed by atoms with Crippen LogP contribution in [-0.2, 0) is 0 Å². The highest BCUT2D eigenvalue weighted by Crippen LogP contribution is 2.27. The molecule has 1 saturated carbocycles. The van der Waals surface area contributed by atoms with Crippen molar-refractivity contribution in [1.82, 2.24) is 9.80 Å². The van der Waals surface area contributed by atoms with Crippen molar-refractivity contribution in [3.05, 3.63) is 0 Å². The molecule has 1 aliphatic carbocycles. The zero-order valence-corrected chi connectivity index (χ0v) is 11.4. The van der Waals surface area contributed by atoms with Crippen LogP contribution in [0.3, 0.4) is 0 Å². The summed E-state index contributed by atoms with van der Waals surface area (Å²) in [6, 6.07) is 0.688. The third kappa shape index (κ3) is 3.67. The van der Waals surface area contributed by atoms with Gasteiger partial charge in [0.05, 0.1) is 6.10 Å². The van der Waals surface area contributed by atoms with Crippen molar-refractivity contribution in [2.24, 2.45) is 5.92 Å². The zero-order chi connectivity index (χ0) is 12.3. The first kappa shape index (κ1) is 13.3. The van der Waals surface area contributed by atoms with Crippen LogP contribution in [0.2, 0.25) is 0 Å². The molecule has 2 aliphatic rings. The van der Waals surface area contributed by atoms with E-state index in [1.165, 1.54) is 38.5 Å². The molecule has 2 rings (SSSR count). The molecule has 100 valence electrons. The second-order valence-electron chi connectivity index (χ2n) is 6.13. The van der Waals surface area contributed by atoms with Gasteiger partial charge in [-0.2, -0.15) is 0 Å². The Hall–Kier alpha value is -0.120. The molecule has 0 bridgehead atoms. The minimum atomic E-state index is -0.0868. The summed E-state index contributed by atoms with van der Waals surface area (Å²) in [6.45, 7) is 3.19. The molecule has 0 radical (unpaired) electrons. The molecule has 1 heterocycles. The average molecular weight is 240 g/mol. The molecule has 3 nitrogen and oxygen atoms in total. The highest BCUT2D eigenvalue weighted by molar-refractivity contribution is 4.84. The first-order chi connectivity index (χ1) is 8.16. The molecule has 17 heavy (non-hydrogen) atoms. The van der Waals surface area contributed by atoms with Crippen molar-refractivity contribution in [3.63, 3.8) is 0 Å². The van der Waals surface area contributed by atoms with Gasteiger partial charge >= 0.3 is 0 Å². The highest BCUT2D eigenvalue weighted by Gasteiger charge is 2.28. The van der Waals surface area contributed by atoms with E-state index in [0.717, 1.165) is 19.6 Å². The Morgan fingerprint density at radius 2 is 1.88 bits per heavy atom. The Kier molecular flexibility index (Phi) is 4.83. The molecule has 0 aromatic heterocycles. The van der Waals surface area contributed by atoms with Crippen molar-refractivity contribution in [2.45, 2.75) is 50.7 Å². The molecule has 2 atom stereocenters. The lowest BCUT2D eigenvalue weighted by atomic mass is 9.85. The molecule has 1 aliphatic heterocycles. The minimum absolute atomic E-state index is 0.0868. The van der Waals surface area contributed by atoms with Crippen LogP contribution < -0.4 is 0 Å². The lowest BCUT2D eigenvalue weighted by molar-refractivity contribution is 0.0528. The topological polar surface area (TPSA) is 26.7 Å². The van der Waals surface area contributed by atoms with Gasteiger partial charge in [0, 0.05) is 19.1 Å². The van der Waals surface area contributed by atoms with Crippen LogP contribution in [0.25, 0.3) is 0 Å². The minimum Gasteiger partial charge on any atom is -0.392 e. The molecule has 0 aromatic rings. The third-order valence-corrected chi connectivity index (χ3v) is 4.62. The van der Waals surface area contributed by atoms with Crippen LogP contribution in [0.4, 0.5) is 0 Å². The summed E-state index contributed by atoms with van der Waals surface area (Å²) >= 11 is 0. The van der Waals surface area contributed by atoms with Crippen molar-refractivity contribution >= 4 is 0 Å². The largest absolute Gasteiger partial charge is 0.392 e. The van der Waals surface area contributed by atoms with Gasteiger partial charge in [-0.05, 0) is 45.8 Å². The smallest absolute Gasteiger partial charge is 0.0695 e. The van der Waals surface area contributed by atoms with Gasteiger partial charge in [-0.3, -0.25) is 4.90 Å². The van der Waals surface area contributed by atoms with Gasteiger partial charge in [-0.1, -0.05) is 19.3 Å².